The SMILES string of the molecule is FC(F)(F)c1c[nH]c2ncnc(Nc3cc4c(cn3)CN=C4)c12. The highest BCUT2D eigenvalue weighted by Gasteiger charge is 2.35. The standard InChI is InChI=1S/C14H9F3N6/c15-14(16,17)9-5-20-12-11(9)13(22-6-21-12)23-10-1-7-2-18-3-8(7)4-19-10/h1-2,4-6H,3H2,(H2,19,20,21,22,23). The topological polar surface area (TPSA) is 78.9 Å². The van der Waals surface area contributed by atoms with Gasteiger partial charge in [-0.15, -0.1) is 0 Å². The van der Waals surface area contributed by atoms with Crippen LogP contribution in [0.2, 0.25) is 0 Å². The number of aliphatic imine (C=N–C) groups is 1. The van der Waals surface area contributed by atoms with E-state index in [1.165, 1.54) is 6.33 Å². The van der Waals surface area contributed by atoms with E-state index in [-0.39, 0.29) is 16.9 Å². The molecule has 0 fully saturated rings. The number of hydrogen-bond acceptors (Lipinski definition) is 5. The van der Waals surface area contributed by atoms with Crippen LogP contribution >= 0.6 is 0 Å². The summed E-state index contributed by atoms with van der Waals surface area (Å²) in [5.41, 5.74) is 1.15. The Morgan fingerprint density at radius 1 is 1.17 bits per heavy atom. The summed E-state index contributed by atoms with van der Waals surface area (Å²) in [4.78, 5) is 18.6. The zero-order valence-electron chi connectivity index (χ0n) is 11.5. The fourth-order valence-electron chi connectivity index (χ4n) is 2.46. The molecule has 2 N–H and O–H groups in total. The molecular weight excluding hydrogens is 309 g/mol. The van der Waals surface area contributed by atoms with Crippen LogP contribution in [-0.2, 0) is 12.7 Å². The number of anilines is 2. The van der Waals surface area contributed by atoms with Gasteiger partial charge >= 0.3 is 6.18 Å². The van der Waals surface area contributed by atoms with Gasteiger partial charge in [-0.1, -0.05) is 0 Å². The Labute approximate surface area is 127 Å². The lowest BCUT2D eigenvalue weighted by molar-refractivity contribution is -0.136. The fourth-order valence-corrected chi connectivity index (χ4v) is 2.46. The molecule has 3 aromatic rings. The number of hydrogen-bond donors (Lipinski definition) is 2. The number of nitrogens with one attached hydrogen (secondary N) is 2. The van der Waals surface area contributed by atoms with Gasteiger partial charge in [0.1, 0.15) is 23.6 Å². The van der Waals surface area contributed by atoms with Crippen LogP contribution < -0.4 is 5.32 Å². The number of pyridine rings is 1. The van der Waals surface area contributed by atoms with Crippen LogP contribution in [0.15, 0.2) is 29.8 Å². The van der Waals surface area contributed by atoms with Gasteiger partial charge in [-0.3, -0.25) is 4.99 Å². The van der Waals surface area contributed by atoms with E-state index in [0.29, 0.717) is 12.4 Å². The molecule has 4 rings (SSSR count). The van der Waals surface area contributed by atoms with Crippen LogP contribution in [0, 0.1) is 0 Å². The molecule has 0 spiro atoms. The van der Waals surface area contributed by atoms with Gasteiger partial charge in [-0.2, -0.15) is 13.2 Å². The molecular formula is C14H9F3N6. The van der Waals surface area contributed by atoms with Gasteiger partial charge in [0.05, 0.1) is 17.5 Å². The number of halogens is 3. The van der Waals surface area contributed by atoms with Crippen molar-refractivity contribution in [2.24, 2.45) is 4.99 Å². The molecule has 0 aromatic carbocycles. The maximum Gasteiger partial charge on any atom is 0.418 e. The van der Waals surface area contributed by atoms with E-state index in [9.17, 15) is 13.2 Å². The molecule has 4 heterocycles. The molecule has 0 saturated heterocycles. The normalized spacial score (nSPS) is 13.5. The number of alkyl halides is 3. The fraction of sp³-hybridized carbons (Fsp3) is 0.143. The predicted molar refractivity (Wildman–Crippen MR) is 77.7 cm³/mol. The van der Waals surface area contributed by atoms with E-state index in [0.717, 1.165) is 17.3 Å². The van der Waals surface area contributed by atoms with Gasteiger partial charge in [0, 0.05) is 29.7 Å². The van der Waals surface area contributed by atoms with Crippen molar-refractivity contribution in [2.75, 3.05) is 5.32 Å². The van der Waals surface area contributed by atoms with E-state index in [4.69, 9.17) is 0 Å². The average Bonchev–Trinajstić information content (AvgIpc) is 3.12. The molecule has 116 valence electrons. The maximum absolute atomic E-state index is 13.1. The molecule has 6 nitrogen and oxygen atoms in total. The highest BCUT2D eigenvalue weighted by atomic mass is 19.4. The first-order valence-corrected chi connectivity index (χ1v) is 6.67. The Bertz CT molecular complexity index is 928. The highest BCUT2D eigenvalue weighted by molar-refractivity contribution is 5.92. The van der Waals surface area contributed by atoms with Gasteiger partial charge in [0.15, 0.2) is 0 Å². The van der Waals surface area contributed by atoms with E-state index in [2.05, 4.69) is 30.2 Å². The van der Waals surface area contributed by atoms with Crippen LogP contribution in [0.4, 0.5) is 24.8 Å². The minimum absolute atomic E-state index is 0.0472. The van der Waals surface area contributed by atoms with Crippen LogP contribution in [0.5, 0.6) is 0 Å². The van der Waals surface area contributed by atoms with Crippen molar-refractivity contribution in [1.29, 1.82) is 0 Å². The molecule has 0 unspecified atom stereocenters. The molecule has 0 radical (unpaired) electrons. The summed E-state index contributed by atoms with van der Waals surface area (Å²) in [5, 5.41) is 2.72. The molecule has 0 aliphatic carbocycles. The summed E-state index contributed by atoms with van der Waals surface area (Å²) in [6.07, 6.45) is 0.918. The third kappa shape index (κ3) is 2.30. The number of nitrogens with zero attached hydrogens (tertiary/aromatic N) is 4. The molecule has 3 aromatic heterocycles. The highest BCUT2D eigenvalue weighted by Crippen LogP contribution is 2.37. The minimum atomic E-state index is -4.50. The number of aromatic nitrogens is 4. The second-order valence-electron chi connectivity index (χ2n) is 5.01. The second kappa shape index (κ2) is 4.77. The lowest BCUT2D eigenvalue weighted by Gasteiger charge is -2.09. The zero-order valence-corrected chi connectivity index (χ0v) is 11.5. The van der Waals surface area contributed by atoms with Gasteiger partial charge in [0.25, 0.3) is 0 Å². The molecule has 23 heavy (non-hydrogen) atoms. The third-order valence-corrected chi connectivity index (χ3v) is 3.54. The molecule has 1 aliphatic heterocycles. The summed E-state index contributed by atoms with van der Waals surface area (Å²) in [6.45, 7) is 0.566. The first kappa shape index (κ1) is 13.7. The van der Waals surface area contributed by atoms with Gasteiger partial charge in [0.2, 0.25) is 0 Å². The summed E-state index contributed by atoms with van der Waals surface area (Å²) >= 11 is 0. The van der Waals surface area contributed by atoms with Crippen molar-refractivity contribution < 1.29 is 13.2 Å². The van der Waals surface area contributed by atoms with Gasteiger partial charge in [-0.25, -0.2) is 15.0 Å². The van der Waals surface area contributed by atoms with E-state index in [1.807, 2.05) is 0 Å². The smallest absolute Gasteiger partial charge is 0.345 e. The van der Waals surface area contributed by atoms with Gasteiger partial charge in [-0.05, 0) is 6.07 Å². The first-order valence-electron chi connectivity index (χ1n) is 6.67. The molecule has 9 heteroatoms. The zero-order chi connectivity index (χ0) is 16.0. The Hall–Kier alpha value is -2.97. The van der Waals surface area contributed by atoms with Crippen molar-refractivity contribution in [3.63, 3.8) is 0 Å². The molecule has 0 amide bonds. The Balaban J connectivity index is 1.80. The lowest BCUT2D eigenvalue weighted by Crippen LogP contribution is -2.06. The van der Waals surface area contributed by atoms with Crippen molar-refractivity contribution in [3.05, 3.63) is 41.5 Å². The maximum atomic E-state index is 13.1. The Morgan fingerprint density at radius 3 is 2.87 bits per heavy atom. The van der Waals surface area contributed by atoms with E-state index >= 15 is 0 Å². The van der Waals surface area contributed by atoms with Crippen molar-refractivity contribution in [1.82, 2.24) is 19.9 Å². The summed E-state index contributed by atoms with van der Waals surface area (Å²) in [5.74, 6) is 0.442. The van der Waals surface area contributed by atoms with Crippen LogP contribution in [0.1, 0.15) is 16.7 Å². The first-order chi connectivity index (χ1) is 11.0. The second-order valence-corrected chi connectivity index (χ2v) is 5.01. The quantitative estimate of drug-likeness (QED) is 0.761. The monoisotopic (exact) mass is 318 g/mol. The van der Waals surface area contributed by atoms with Gasteiger partial charge < -0.3 is 10.3 Å². The molecule has 0 saturated carbocycles. The molecule has 0 bridgehead atoms. The van der Waals surface area contributed by atoms with Crippen molar-refractivity contribution in [2.45, 2.75) is 12.7 Å². The number of aromatic amines is 1. The minimum Gasteiger partial charge on any atom is -0.345 e. The van der Waals surface area contributed by atoms with E-state index in [1.54, 1.807) is 18.5 Å². The van der Waals surface area contributed by atoms with E-state index < -0.39 is 11.7 Å². The number of H-pyrrole nitrogens is 1. The number of fused-ring (bicyclic) bond motifs is 2. The lowest BCUT2D eigenvalue weighted by atomic mass is 10.2. The summed E-state index contributed by atoms with van der Waals surface area (Å²) < 4.78 is 39.3. The molecule has 1 aliphatic rings. The van der Waals surface area contributed by atoms with Crippen molar-refractivity contribution in [3.8, 4) is 0 Å². The Kier molecular flexibility index (Phi) is 2.83. The van der Waals surface area contributed by atoms with Crippen LogP contribution in [0.3, 0.4) is 0 Å². The van der Waals surface area contributed by atoms with Crippen LogP contribution in [-0.4, -0.2) is 26.2 Å². The summed E-state index contributed by atoms with van der Waals surface area (Å²) in [7, 11) is 0. The summed E-state index contributed by atoms with van der Waals surface area (Å²) in [6, 6.07) is 1.72. The Morgan fingerprint density at radius 2 is 2.04 bits per heavy atom. The average molecular weight is 318 g/mol. The molecule has 0 atom stereocenters. The number of rotatable bonds is 2. The third-order valence-electron chi connectivity index (χ3n) is 3.54. The predicted octanol–water partition coefficient (Wildman–Crippen LogP) is 3.05. The largest absolute Gasteiger partial charge is 0.418 e. The van der Waals surface area contributed by atoms with Crippen molar-refractivity contribution >= 4 is 28.9 Å². The van der Waals surface area contributed by atoms with Crippen LogP contribution in [0.25, 0.3) is 11.0 Å².